The Morgan fingerprint density at radius 2 is 2.35 bits per heavy atom. The zero-order valence-corrected chi connectivity index (χ0v) is 11.6. The van der Waals surface area contributed by atoms with Crippen LogP contribution < -0.4 is 4.90 Å². The number of halogens is 1. The molecule has 94 valence electrons. The molecule has 1 unspecified atom stereocenters. The number of ether oxygens (including phenoxy) is 1. The van der Waals surface area contributed by atoms with Crippen molar-refractivity contribution in [2.45, 2.75) is 25.6 Å². The van der Waals surface area contributed by atoms with Gasteiger partial charge in [-0.15, -0.1) is 0 Å². The zero-order valence-electron chi connectivity index (χ0n) is 10.0. The van der Waals surface area contributed by atoms with Gasteiger partial charge in [-0.25, -0.2) is 0 Å². The molecule has 1 saturated heterocycles. The first-order valence-electron chi connectivity index (χ1n) is 5.91. The molecule has 0 bridgehead atoms. The molecule has 0 aromatic heterocycles. The van der Waals surface area contributed by atoms with E-state index in [0.29, 0.717) is 6.10 Å². The Kier molecular flexibility index (Phi) is 4.42. The van der Waals surface area contributed by atoms with Crippen molar-refractivity contribution in [1.82, 2.24) is 0 Å². The van der Waals surface area contributed by atoms with Crippen molar-refractivity contribution < 1.29 is 9.84 Å². The quantitative estimate of drug-likeness (QED) is 0.931. The lowest BCUT2D eigenvalue weighted by atomic mass is 10.1. The molecule has 1 aliphatic heterocycles. The fraction of sp³-hybridized carbons (Fsp3) is 0.538. The molecule has 1 aliphatic rings. The summed E-state index contributed by atoms with van der Waals surface area (Å²) in [5, 5.41) is 9.14. The molecule has 0 saturated carbocycles. The molecular formula is C13H18BrNO2. The Hall–Kier alpha value is -0.580. The minimum absolute atomic E-state index is 0.0710. The second-order valence-corrected chi connectivity index (χ2v) is 5.23. The molecule has 1 fully saturated rings. The molecule has 0 radical (unpaired) electrons. The van der Waals surface area contributed by atoms with Crippen LogP contribution in [0.3, 0.4) is 0 Å². The molecule has 3 nitrogen and oxygen atoms in total. The van der Waals surface area contributed by atoms with Gasteiger partial charge in [0.2, 0.25) is 0 Å². The van der Waals surface area contributed by atoms with Crippen LogP contribution in [0.25, 0.3) is 0 Å². The monoisotopic (exact) mass is 299 g/mol. The molecule has 1 atom stereocenters. The van der Waals surface area contributed by atoms with E-state index in [4.69, 9.17) is 9.84 Å². The molecule has 17 heavy (non-hydrogen) atoms. The van der Waals surface area contributed by atoms with Crippen LogP contribution in [-0.4, -0.2) is 31.4 Å². The van der Waals surface area contributed by atoms with Gasteiger partial charge in [-0.1, -0.05) is 22.0 Å². The number of methoxy groups -OCH3 is 1. The smallest absolute Gasteiger partial charge is 0.0746 e. The minimum atomic E-state index is 0.0710. The number of rotatable bonds is 3. The van der Waals surface area contributed by atoms with Gasteiger partial charge >= 0.3 is 0 Å². The standard InChI is InChI=1S/C13H18BrNO2/c1-17-12-3-2-6-15(8-12)11-5-4-10(9-16)13(14)7-11/h4-5,7,12,16H,2-3,6,8-9H2,1H3. The van der Waals surface area contributed by atoms with E-state index in [-0.39, 0.29) is 6.61 Å². The minimum Gasteiger partial charge on any atom is -0.392 e. The zero-order chi connectivity index (χ0) is 12.3. The third kappa shape index (κ3) is 3.00. The van der Waals surface area contributed by atoms with E-state index < -0.39 is 0 Å². The van der Waals surface area contributed by atoms with Crippen LogP contribution >= 0.6 is 15.9 Å². The largest absolute Gasteiger partial charge is 0.392 e. The Bertz CT molecular complexity index is 384. The van der Waals surface area contributed by atoms with E-state index in [9.17, 15) is 0 Å². The number of hydrogen-bond acceptors (Lipinski definition) is 3. The SMILES string of the molecule is COC1CCCN(c2ccc(CO)c(Br)c2)C1. The number of nitrogens with zero attached hydrogens (tertiary/aromatic N) is 1. The van der Waals surface area contributed by atoms with E-state index in [1.807, 2.05) is 6.07 Å². The highest BCUT2D eigenvalue weighted by atomic mass is 79.9. The van der Waals surface area contributed by atoms with E-state index in [1.54, 1.807) is 7.11 Å². The number of benzene rings is 1. The Balaban J connectivity index is 2.13. The van der Waals surface area contributed by atoms with Gasteiger partial charge < -0.3 is 14.7 Å². The number of hydrogen-bond donors (Lipinski definition) is 1. The third-order valence-corrected chi connectivity index (χ3v) is 4.02. The summed E-state index contributed by atoms with van der Waals surface area (Å²) in [6.07, 6.45) is 2.64. The van der Waals surface area contributed by atoms with Crippen LogP contribution in [0.15, 0.2) is 22.7 Å². The molecule has 0 spiro atoms. The first-order valence-corrected chi connectivity index (χ1v) is 6.71. The highest BCUT2D eigenvalue weighted by Crippen LogP contribution is 2.26. The summed E-state index contributed by atoms with van der Waals surface area (Å²) in [6, 6.07) is 6.10. The predicted molar refractivity (Wildman–Crippen MR) is 72.3 cm³/mol. The third-order valence-electron chi connectivity index (χ3n) is 3.28. The van der Waals surface area contributed by atoms with Gasteiger partial charge in [0.1, 0.15) is 0 Å². The summed E-state index contributed by atoms with van der Waals surface area (Å²) in [7, 11) is 1.78. The molecule has 1 N–H and O–H groups in total. The lowest BCUT2D eigenvalue weighted by molar-refractivity contribution is 0.0893. The lowest BCUT2D eigenvalue weighted by Gasteiger charge is -2.33. The summed E-state index contributed by atoms with van der Waals surface area (Å²) >= 11 is 3.49. The van der Waals surface area contributed by atoms with Gasteiger partial charge in [0.15, 0.2) is 0 Å². The highest BCUT2D eigenvalue weighted by molar-refractivity contribution is 9.10. The summed E-state index contributed by atoms with van der Waals surface area (Å²) in [5.74, 6) is 0. The predicted octanol–water partition coefficient (Wildman–Crippen LogP) is 2.56. The molecule has 2 rings (SSSR count). The Morgan fingerprint density at radius 1 is 1.53 bits per heavy atom. The summed E-state index contributed by atoms with van der Waals surface area (Å²) < 4.78 is 6.39. The second-order valence-electron chi connectivity index (χ2n) is 4.38. The van der Waals surface area contributed by atoms with Gasteiger partial charge in [-0.05, 0) is 30.5 Å². The van der Waals surface area contributed by atoms with Gasteiger partial charge in [0.05, 0.1) is 12.7 Å². The van der Waals surface area contributed by atoms with E-state index in [0.717, 1.165) is 36.0 Å². The lowest BCUT2D eigenvalue weighted by Crippen LogP contribution is -2.39. The van der Waals surface area contributed by atoms with Crippen molar-refractivity contribution in [3.8, 4) is 0 Å². The van der Waals surface area contributed by atoms with Gasteiger partial charge in [0.25, 0.3) is 0 Å². The first-order chi connectivity index (χ1) is 8.24. The van der Waals surface area contributed by atoms with Crippen molar-refractivity contribution in [2.24, 2.45) is 0 Å². The van der Waals surface area contributed by atoms with Crippen molar-refractivity contribution in [3.05, 3.63) is 28.2 Å². The summed E-state index contributed by atoms with van der Waals surface area (Å²) in [6.45, 7) is 2.09. The maximum atomic E-state index is 9.14. The van der Waals surface area contributed by atoms with Crippen LogP contribution in [0.4, 0.5) is 5.69 Å². The van der Waals surface area contributed by atoms with Crippen LogP contribution in [0, 0.1) is 0 Å². The number of anilines is 1. The normalized spacial score (nSPS) is 20.6. The Morgan fingerprint density at radius 3 is 3.00 bits per heavy atom. The van der Waals surface area contributed by atoms with Crippen LogP contribution in [-0.2, 0) is 11.3 Å². The summed E-state index contributed by atoms with van der Waals surface area (Å²) in [4.78, 5) is 2.34. The fourth-order valence-electron chi connectivity index (χ4n) is 2.23. The van der Waals surface area contributed by atoms with Crippen molar-refractivity contribution in [3.63, 3.8) is 0 Å². The number of piperidine rings is 1. The van der Waals surface area contributed by atoms with Crippen LogP contribution in [0.1, 0.15) is 18.4 Å². The molecule has 1 aromatic rings. The van der Waals surface area contributed by atoms with Crippen molar-refractivity contribution in [1.29, 1.82) is 0 Å². The molecule has 0 aliphatic carbocycles. The number of aliphatic hydroxyl groups is 1. The van der Waals surface area contributed by atoms with E-state index >= 15 is 0 Å². The van der Waals surface area contributed by atoms with Gasteiger partial charge in [-0.2, -0.15) is 0 Å². The second kappa shape index (κ2) is 5.85. The van der Waals surface area contributed by atoms with Crippen LogP contribution in [0.2, 0.25) is 0 Å². The number of aliphatic hydroxyl groups excluding tert-OH is 1. The maximum absolute atomic E-state index is 9.14. The maximum Gasteiger partial charge on any atom is 0.0746 e. The Labute approximate surface area is 111 Å². The van der Waals surface area contributed by atoms with E-state index in [1.165, 1.54) is 5.69 Å². The molecular weight excluding hydrogens is 282 g/mol. The van der Waals surface area contributed by atoms with E-state index in [2.05, 4.69) is 33.0 Å². The average molecular weight is 300 g/mol. The first kappa shape index (κ1) is 12.9. The molecule has 4 heteroatoms. The van der Waals surface area contributed by atoms with Crippen molar-refractivity contribution in [2.75, 3.05) is 25.1 Å². The highest BCUT2D eigenvalue weighted by Gasteiger charge is 2.19. The average Bonchev–Trinajstić information content (AvgIpc) is 2.38. The molecule has 1 aromatic carbocycles. The topological polar surface area (TPSA) is 32.7 Å². The summed E-state index contributed by atoms with van der Waals surface area (Å²) in [5.41, 5.74) is 2.12. The fourth-order valence-corrected chi connectivity index (χ4v) is 2.72. The van der Waals surface area contributed by atoms with Gasteiger partial charge in [0, 0.05) is 30.4 Å². The molecule has 0 amide bonds. The van der Waals surface area contributed by atoms with Crippen molar-refractivity contribution >= 4 is 21.6 Å². The van der Waals surface area contributed by atoms with Gasteiger partial charge in [-0.3, -0.25) is 0 Å². The molecule has 1 heterocycles. The van der Waals surface area contributed by atoms with Crippen LogP contribution in [0.5, 0.6) is 0 Å².